The van der Waals surface area contributed by atoms with Crippen LogP contribution >= 0.6 is 0 Å². The molecule has 5 heteroatoms. The van der Waals surface area contributed by atoms with Gasteiger partial charge in [0.25, 0.3) is 5.91 Å². The maximum Gasteiger partial charge on any atom is 0.254 e. The van der Waals surface area contributed by atoms with Gasteiger partial charge >= 0.3 is 0 Å². The van der Waals surface area contributed by atoms with Gasteiger partial charge in [-0.25, -0.2) is 0 Å². The van der Waals surface area contributed by atoms with Crippen LogP contribution in [-0.2, 0) is 4.79 Å². The van der Waals surface area contributed by atoms with E-state index in [-0.39, 0.29) is 30.7 Å². The minimum atomic E-state index is -0.575. The Morgan fingerprint density at radius 3 is 2.65 bits per heavy atom. The van der Waals surface area contributed by atoms with Crippen LogP contribution in [0.1, 0.15) is 30.6 Å². The first-order valence-electron chi connectivity index (χ1n) is 6.83. The minimum Gasteiger partial charge on any atom is -0.340 e. The van der Waals surface area contributed by atoms with Gasteiger partial charge < -0.3 is 10.2 Å². The van der Waals surface area contributed by atoms with Crippen molar-refractivity contribution in [3.63, 3.8) is 0 Å². The number of alkyl halides is 1. The SMILES string of the molecule is CC(C)C1NC(=O)c2ccccc2N(CCCF)C1=O. The highest BCUT2D eigenvalue weighted by Gasteiger charge is 2.34. The van der Waals surface area contributed by atoms with Crippen LogP contribution in [0.4, 0.5) is 10.1 Å². The minimum absolute atomic E-state index is 0.0198. The summed E-state index contributed by atoms with van der Waals surface area (Å²) in [6.45, 7) is 3.56. The van der Waals surface area contributed by atoms with Crippen LogP contribution in [0.2, 0.25) is 0 Å². The normalized spacial score (nSPS) is 18.8. The zero-order chi connectivity index (χ0) is 14.7. The molecule has 20 heavy (non-hydrogen) atoms. The van der Waals surface area contributed by atoms with Crippen molar-refractivity contribution in [3.8, 4) is 0 Å². The molecule has 1 aliphatic heterocycles. The Kier molecular flexibility index (Phi) is 4.37. The topological polar surface area (TPSA) is 49.4 Å². The summed E-state index contributed by atoms with van der Waals surface area (Å²) in [5.41, 5.74) is 1.02. The summed E-state index contributed by atoms with van der Waals surface area (Å²) in [7, 11) is 0. The molecule has 2 amide bonds. The molecular weight excluding hydrogens is 259 g/mol. The van der Waals surface area contributed by atoms with Gasteiger partial charge in [0.15, 0.2) is 0 Å². The Morgan fingerprint density at radius 1 is 1.30 bits per heavy atom. The van der Waals surface area contributed by atoms with Crippen molar-refractivity contribution in [3.05, 3.63) is 29.8 Å². The van der Waals surface area contributed by atoms with Crippen molar-refractivity contribution in [2.24, 2.45) is 5.92 Å². The van der Waals surface area contributed by atoms with Crippen molar-refractivity contribution >= 4 is 17.5 Å². The lowest BCUT2D eigenvalue weighted by Crippen LogP contribution is -2.49. The molecule has 108 valence electrons. The number of anilines is 1. The summed E-state index contributed by atoms with van der Waals surface area (Å²) in [5.74, 6) is -0.448. The number of carbonyl (C=O) groups excluding carboxylic acids is 2. The van der Waals surface area contributed by atoms with Crippen LogP contribution in [0.15, 0.2) is 24.3 Å². The number of amides is 2. The van der Waals surface area contributed by atoms with Gasteiger partial charge in [0.1, 0.15) is 6.04 Å². The fourth-order valence-corrected chi connectivity index (χ4v) is 2.37. The number of nitrogens with zero attached hydrogens (tertiary/aromatic N) is 1. The third-order valence-corrected chi connectivity index (χ3v) is 3.44. The van der Waals surface area contributed by atoms with E-state index in [9.17, 15) is 14.0 Å². The fraction of sp³-hybridized carbons (Fsp3) is 0.467. The van der Waals surface area contributed by atoms with E-state index in [4.69, 9.17) is 0 Å². The second-order valence-electron chi connectivity index (χ2n) is 5.24. The summed E-state index contributed by atoms with van der Waals surface area (Å²) in [6, 6.07) is 6.37. The van der Waals surface area contributed by atoms with E-state index in [2.05, 4.69) is 5.32 Å². The van der Waals surface area contributed by atoms with Crippen molar-refractivity contribution in [1.29, 1.82) is 0 Å². The summed E-state index contributed by atoms with van der Waals surface area (Å²) in [6.07, 6.45) is 0.263. The Hall–Kier alpha value is -1.91. The first-order chi connectivity index (χ1) is 9.56. The van der Waals surface area contributed by atoms with Gasteiger partial charge in [0, 0.05) is 6.54 Å². The smallest absolute Gasteiger partial charge is 0.254 e. The summed E-state index contributed by atoms with van der Waals surface area (Å²) in [4.78, 5) is 26.3. The van der Waals surface area contributed by atoms with Crippen LogP contribution in [0.5, 0.6) is 0 Å². The lowest BCUT2D eigenvalue weighted by Gasteiger charge is -2.26. The maximum absolute atomic E-state index is 12.6. The number of hydrogen-bond acceptors (Lipinski definition) is 2. The molecule has 0 aromatic heterocycles. The van der Waals surface area contributed by atoms with E-state index >= 15 is 0 Å². The van der Waals surface area contributed by atoms with Gasteiger partial charge in [0.05, 0.1) is 17.9 Å². The Balaban J connectivity index is 2.45. The number of benzene rings is 1. The second kappa shape index (κ2) is 6.03. The standard InChI is InChI=1S/C15H19FN2O2/c1-10(2)13-15(20)18(9-5-8-16)12-7-4-3-6-11(12)14(19)17-13/h3-4,6-7,10,13H,5,8-9H2,1-2H3,(H,17,19). The molecule has 1 aromatic rings. The highest BCUT2D eigenvalue weighted by Crippen LogP contribution is 2.26. The first-order valence-corrected chi connectivity index (χ1v) is 6.83. The van der Waals surface area contributed by atoms with Crippen LogP contribution < -0.4 is 10.2 Å². The molecule has 4 nitrogen and oxygen atoms in total. The summed E-state index contributed by atoms with van der Waals surface area (Å²) >= 11 is 0. The maximum atomic E-state index is 12.6. The van der Waals surface area contributed by atoms with E-state index in [1.54, 1.807) is 24.3 Å². The molecule has 1 aromatic carbocycles. The summed E-state index contributed by atoms with van der Waals surface area (Å²) < 4.78 is 12.5. The van der Waals surface area contributed by atoms with Crippen LogP contribution in [0.3, 0.4) is 0 Å². The molecule has 0 spiro atoms. The predicted octanol–water partition coefficient (Wildman–Crippen LogP) is 2.15. The van der Waals surface area contributed by atoms with E-state index in [0.29, 0.717) is 11.3 Å². The molecule has 0 saturated heterocycles. The molecule has 1 heterocycles. The van der Waals surface area contributed by atoms with Crippen LogP contribution in [0, 0.1) is 5.92 Å². The largest absolute Gasteiger partial charge is 0.340 e. The molecule has 0 fully saturated rings. The number of hydrogen-bond donors (Lipinski definition) is 1. The number of nitrogens with one attached hydrogen (secondary N) is 1. The molecule has 1 aliphatic rings. The lowest BCUT2D eigenvalue weighted by molar-refractivity contribution is -0.121. The third-order valence-electron chi connectivity index (χ3n) is 3.44. The number of para-hydroxylation sites is 1. The Bertz CT molecular complexity index is 516. The molecule has 0 radical (unpaired) electrons. The van der Waals surface area contributed by atoms with Crippen molar-refractivity contribution < 1.29 is 14.0 Å². The van der Waals surface area contributed by atoms with Crippen molar-refractivity contribution in [2.75, 3.05) is 18.1 Å². The average Bonchev–Trinajstić information content (AvgIpc) is 2.54. The number of rotatable bonds is 4. The van der Waals surface area contributed by atoms with Crippen molar-refractivity contribution in [2.45, 2.75) is 26.3 Å². The molecule has 1 N–H and O–H groups in total. The number of halogens is 1. The lowest BCUT2D eigenvalue weighted by atomic mass is 10.0. The quantitative estimate of drug-likeness (QED) is 0.917. The molecule has 2 rings (SSSR count). The summed E-state index contributed by atoms with van der Waals surface area (Å²) in [5, 5.41) is 2.77. The van der Waals surface area contributed by atoms with Gasteiger partial charge in [0.2, 0.25) is 5.91 Å². The molecule has 1 unspecified atom stereocenters. The van der Waals surface area contributed by atoms with Crippen LogP contribution in [0.25, 0.3) is 0 Å². The third kappa shape index (κ3) is 2.66. The Labute approximate surface area is 118 Å². The Morgan fingerprint density at radius 2 is 2.00 bits per heavy atom. The highest BCUT2D eigenvalue weighted by molar-refractivity contribution is 6.11. The molecule has 0 saturated carbocycles. The van der Waals surface area contributed by atoms with Gasteiger partial charge in [-0.1, -0.05) is 26.0 Å². The molecule has 0 aliphatic carbocycles. The first kappa shape index (κ1) is 14.5. The second-order valence-corrected chi connectivity index (χ2v) is 5.24. The van der Waals surface area contributed by atoms with Gasteiger partial charge in [-0.2, -0.15) is 0 Å². The average molecular weight is 278 g/mol. The van der Waals surface area contributed by atoms with E-state index in [1.165, 1.54) is 4.90 Å². The fourth-order valence-electron chi connectivity index (χ4n) is 2.37. The van der Waals surface area contributed by atoms with Crippen molar-refractivity contribution in [1.82, 2.24) is 5.32 Å². The predicted molar refractivity (Wildman–Crippen MR) is 75.5 cm³/mol. The van der Waals surface area contributed by atoms with Gasteiger partial charge in [-0.15, -0.1) is 0 Å². The van der Waals surface area contributed by atoms with E-state index in [0.717, 1.165) is 0 Å². The van der Waals surface area contributed by atoms with Gasteiger partial charge in [-0.3, -0.25) is 14.0 Å². The number of carbonyl (C=O) groups is 2. The van der Waals surface area contributed by atoms with Crippen LogP contribution in [-0.4, -0.2) is 31.1 Å². The molecule has 0 bridgehead atoms. The zero-order valence-electron chi connectivity index (χ0n) is 11.7. The molecular formula is C15H19FN2O2. The monoisotopic (exact) mass is 278 g/mol. The molecule has 1 atom stereocenters. The number of fused-ring (bicyclic) bond motifs is 1. The van der Waals surface area contributed by atoms with E-state index in [1.807, 2.05) is 13.8 Å². The van der Waals surface area contributed by atoms with E-state index < -0.39 is 12.7 Å². The highest BCUT2D eigenvalue weighted by atomic mass is 19.1. The zero-order valence-corrected chi connectivity index (χ0v) is 11.7. The van der Waals surface area contributed by atoms with Gasteiger partial charge in [-0.05, 0) is 24.5 Å².